The Morgan fingerprint density at radius 2 is 1.68 bits per heavy atom. The van der Waals surface area contributed by atoms with E-state index in [1.54, 1.807) is 12.1 Å². The van der Waals surface area contributed by atoms with Crippen molar-refractivity contribution < 1.29 is 18.7 Å². The van der Waals surface area contributed by atoms with Gasteiger partial charge < -0.3 is 19.7 Å². The number of hydrogen-bond donors (Lipinski definition) is 1. The quantitative estimate of drug-likeness (QED) is 0.459. The van der Waals surface area contributed by atoms with Gasteiger partial charge in [0.15, 0.2) is 0 Å². The number of anilines is 1. The van der Waals surface area contributed by atoms with E-state index in [2.05, 4.69) is 34.5 Å². The summed E-state index contributed by atoms with van der Waals surface area (Å²) in [6.45, 7) is 6.79. The van der Waals surface area contributed by atoms with Gasteiger partial charge in [-0.2, -0.15) is 0 Å². The summed E-state index contributed by atoms with van der Waals surface area (Å²) >= 11 is 0. The molecule has 1 N–H and O–H groups in total. The van der Waals surface area contributed by atoms with Crippen LogP contribution in [0, 0.1) is 23.6 Å². The molecule has 0 aromatic heterocycles. The summed E-state index contributed by atoms with van der Waals surface area (Å²) in [5, 5.41) is 3.04. The Morgan fingerprint density at radius 3 is 2.39 bits per heavy atom. The number of nitrogens with one attached hydrogen (secondary N) is 1. The van der Waals surface area contributed by atoms with Gasteiger partial charge in [-0.1, -0.05) is 42.5 Å². The lowest BCUT2D eigenvalue weighted by atomic mass is 10.1. The summed E-state index contributed by atoms with van der Waals surface area (Å²) in [6, 6.07) is 23.3. The summed E-state index contributed by atoms with van der Waals surface area (Å²) in [7, 11) is 0. The first-order valence-electron chi connectivity index (χ1n) is 13.5. The Labute approximate surface area is 223 Å². The van der Waals surface area contributed by atoms with Crippen molar-refractivity contribution in [3.8, 4) is 5.75 Å². The number of ether oxygens (including phenoxy) is 2. The van der Waals surface area contributed by atoms with E-state index in [0.717, 1.165) is 30.9 Å². The zero-order valence-corrected chi connectivity index (χ0v) is 21.5. The van der Waals surface area contributed by atoms with Gasteiger partial charge in [-0.15, -0.1) is 0 Å². The minimum absolute atomic E-state index is 0.200. The fourth-order valence-corrected chi connectivity index (χ4v) is 5.88. The van der Waals surface area contributed by atoms with Gasteiger partial charge in [0.1, 0.15) is 18.2 Å². The maximum atomic E-state index is 14.7. The van der Waals surface area contributed by atoms with Crippen LogP contribution in [-0.4, -0.2) is 56.7 Å². The molecule has 38 heavy (non-hydrogen) atoms. The largest absolute Gasteiger partial charge is 0.489 e. The van der Waals surface area contributed by atoms with Crippen LogP contribution in [0.2, 0.25) is 0 Å². The third-order valence-corrected chi connectivity index (χ3v) is 8.08. The molecule has 1 aliphatic carbocycles. The van der Waals surface area contributed by atoms with Crippen molar-refractivity contribution in [3.05, 3.63) is 95.3 Å². The van der Waals surface area contributed by atoms with E-state index in [1.165, 1.54) is 11.6 Å². The molecule has 6 rings (SSSR count). The molecule has 3 aromatic carbocycles. The molecule has 2 aliphatic heterocycles. The number of piperidine rings is 1. The summed E-state index contributed by atoms with van der Waals surface area (Å²) in [5.74, 6) is 2.10. The van der Waals surface area contributed by atoms with Gasteiger partial charge in [-0.25, -0.2) is 4.39 Å². The van der Waals surface area contributed by atoms with E-state index in [9.17, 15) is 9.18 Å². The van der Waals surface area contributed by atoms with Crippen molar-refractivity contribution in [1.29, 1.82) is 0 Å². The van der Waals surface area contributed by atoms with Gasteiger partial charge in [-0.3, -0.25) is 9.69 Å². The number of benzene rings is 3. The van der Waals surface area contributed by atoms with Crippen molar-refractivity contribution in [1.82, 2.24) is 10.2 Å². The SMILES string of the molecule is O=C(NCC1C2CN(Cc3ccc(OCc4ccccc4)cc3)CC12)c1ccc(N2CCOCC2)c(F)c1. The molecule has 7 heteroatoms. The third-order valence-electron chi connectivity index (χ3n) is 8.08. The van der Waals surface area contributed by atoms with Crippen molar-refractivity contribution >= 4 is 11.6 Å². The number of halogens is 1. The standard InChI is InChI=1S/C31H34FN3O3/c32-29-16-24(8-11-30(29)35-12-14-37-15-13-35)31(36)33-17-26-27-19-34(20-28(26)27)18-22-6-9-25(10-7-22)38-21-23-4-2-1-3-5-23/h1-11,16,26-28H,12-15,17-21H2,(H,33,36). The minimum Gasteiger partial charge on any atom is -0.489 e. The molecule has 0 spiro atoms. The monoisotopic (exact) mass is 515 g/mol. The van der Waals surface area contributed by atoms with Crippen molar-refractivity contribution in [2.75, 3.05) is 50.8 Å². The lowest BCUT2D eigenvalue weighted by Gasteiger charge is -2.29. The van der Waals surface area contributed by atoms with Crippen LogP contribution in [0.4, 0.5) is 10.1 Å². The molecule has 1 amide bonds. The fraction of sp³-hybridized carbons (Fsp3) is 0.387. The van der Waals surface area contributed by atoms with E-state index < -0.39 is 0 Å². The molecule has 2 saturated heterocycles. The lowest BCUT2D eigenvalue weighted by Crippen LogP contribution is -2.36. The van der Waals surface area contributed by atoms with Gasteiger partial charge in [0.05, 0.1) is 18.9 Å². The molecular weight excluding hydrogens is 481 g/mol. The van der Waals surface area contributed by atoms with E-state index in [0.29, 0.717) is 68.5 Å². The van der Waals surface area contributed by atoms with Crippen LogP contribution in [0.1, 0.15) is 21.5 Å². The molecule has 198 valence electrons. The van der Waals surface area contributed by atoms with E-state index in [1.807, 2.05) is 35.2 Å². The number of hydrogen-bond acceptors (Lipinski definition) is 5. The van der Waals surface area contributed by atoms with E-state index in [-0.39, 0.29) is 11.7 Å². The van der Waals surface area contributed by atoms with Crippen molar-refractivity contribution in [2.45, 2.75) is 13.2 Å². The topological polar surface area (TPSA) is 54.0 Å². The van der Waals surface area contributed by atoms with Crippen molar-refractivity contribution in [2.24, 2.45) is 17.8 Å². The molecule has 0 bridgehead atoms. The van der Waals surface area contributed by atoms with Crippen LogP contribution in [0.15, 0.2) is 72.8 Å². The fourth-order valence-electron chi connectivity index (χ4n) is 5.88. The van der Waals surface area contributed by atoms with Crippen LogP contribution in [0.5, 0.6) is 5.75 Å². The van der Waals surface area contributed by atoms with E-state index >= 15 is 0 Å². The van der Waals surface area contributed by atoms with Crippen LogP contribution in [-0.2, 0) is 17.9 Å². The van der Waals surface area contributed by atoms with Crippen LogP contribution in [0.25, 0.3) is 0 Å². The number of amides is 1. The third kappa shape index (κ3) is 5.69. The number of nitrogens with zero attached hydrogens (tertiary/aromatic N) is 2. The van der Waals surface area contributed by atoms with Gasteiger partial charge in [-0.05, 0) is 59.2 Å². The molecule has 0 radical (unpaired) electrons. The Morgan fingerprint density at radius 1 is 0.947 bits per heavy atom. The molecule has 6 nitrogen and oxygen atoms in total. The zero-order chi connectivity index (χ0) is 25.9. The molecule has 2 atom stereocenters. The van der Waals surface area contributed by atoms with Crippen molar-refractivity contribution in [3.63, 3.8) is 0 Å². The van der Waals surface area contributed by atoms with Crippen LogP contribution in [0.3, 0.4) is 0 Å². The Hall–Kier alpha value is -3.42. The average molecular weight is 516 g/mol. The number of rotatable bonds is 9. The van der Waals surface area contributed by atoms with Crippen LogP contribution >= 0.6 is 0 Å². The molecule has 2 unspecified atom stereocenters. The summed E-state index contributed by atoms with van der Waals surface area (Å²) in [5.41, 5.74) is 3.36. The normalized spacial score (nSPS) is 22.7. The number of carbonyl (C=O) groups excluding carboxylic acids is 1. The zero-order valence-electron chi connectivity index (χ0n) is 21.5. The first kappa shape index (κ1) is 24.9. The highest BCUT2D eigenvalue weighted by Crippen LogP contribution is 2.51. The first-order valence-corrected chi connectivity index (χ1v) is 13.5. The van der Waals surface area contributed by atoms with Gasteiger partial charge in [0, 0.05) is 44.8 Å². The molecule has 1 saturated carbocycles. The molecule has 2 heterocycles. The Bertz CT molecular complexity index is 1230. The average Bonchev–Trinajstić information content (AvgIpc) is 3.42. The summed E-state index contributed by atoms with van der Waals surface area (Å²) in [6.07, 6.45) is 0. The second-order valence-electron chi connectivity index (χ2n) is 10.6. The second-order valence-corrected chi connectivity index (χ2v) is 10.6. The number of carbonyl (C=O) groups is 1. The van der Waals surface area contributed by atoms with Gasteiger partial charge in [0.2, 0.25) is 0 Å². The first-order chi connectivity index (χ1) is 18.6. The number of morpholine rings is 1. The number of likely N-dealkylation sites (tertiary alicyclic amines) is 1. The minimum atomic E-state index is -0.353. The highest BCUT2D eigenvalue weighted by molar-refractivity contribution is 5.94. The molecular formula is C31H34FN3O3. The maximum absolute atomic E-state index is 14.7. The Balaban J connectivity index is 0.927. The lowest BCUT2D eigenvalue weighted by molar-refractivity contribution is 0.0948. The van der Waals surface area contributed by atoms with Crippen LogP contribution < -0.4 is 15.0 Å². The number of fused-ring (bicyclic) bond motifs is 1. The second kappa shape index (κ2) is 11.1. The Kier molecular flexibility index (Phi) is 7.29. The molecule has 3 aromatic rings. The molecule has 3 aliphatic rings. The highest BCUT2D eigenvalue weighted by Gasteiger charge is 2.55. The predicted molar refractivity (Wildman–Crippen MR) is 145 cm³/mol. The summed E-state index contributed by atoms with van der Waals surface area (Å²) in [4.78, 5) is 17.1. The predicted octanol–water partition coefficient (Wildman–Crippen LogP) is 4.35. The van der Waals surface area contributed by atoms with Gasteiger partial charge >= 0.3 is 0 Å². The molecule has 3 fully saturated rings. The smallest absolute Gasteiger partial charge is 0.251 e. The highest BCUT2D eigenvalue weighted by atomic mass is 19.1. The summed E-state index contributed by atoms with van der Waals surface area (Å²) < 4.78 is 25.9. The maximum Gasteiger partial charge on any atom is 0.251 e. The van der Waals surface area contributed by atoms with E-state index in [4.69, 9.17) is 9.47 Å². The van der Waals surface area contributed by atoms with Gasteiger partial charge in [0.25, 0.3) is 5.91 Å².